The second kappa shape index (κ2) is 14.2. The highest BCUT2D eigenvalue weighted by molar-refractivity contribution is 6.09. The van der Waals surface area contributed by atoms with Crippen LogP contribution >= 0.6 is 0 Å². The fraction of sp³-hybridized carbons (Fsp3) is 0.125. The molecule has 0 spiro atoms. The van der Waals surface area contributed by atoms with E-state index < -0.39 is 17.8 Å². The van der Waals surface area contributed by atoms with E-state index in [0.717, 1.165) is 0 Å². The highest BCUT2D eigenvalue weighted by Crippen LogP contribution is 2.38. The Hall–Kier alpha value is -5.84. The number of hydrogen-bond donors (Lipinski definition) is 2. The summed E-state index contributed by atoms with van der Waals surface area (Å²) in [5.74, 6) is 0.173. The van der Waals surface area contributed by atoms with Crippen LogP contribution < -0.4 is 34.4 Å². The van der Waals surface area contributed by atoms with Gasteiger partial charge < -0.3 is 29.0 Å². The number of rotatable bonds is 11. The number of para-hydroxylation sites is 2. The average Bonchev–Trinajstić information content (AvgIpc) is 3.04. The number of methoxy groups -OCH3 is 4. The van der Waals surface area contributed by atoms with Gasteiger partial charge in [-0.15, -0.1) is 0 Å². The largest absolute Gasteiger partial charge is 0.497 e. The Morgan fingerprint density at radius 3 is 1.98 bits per heavy atom. The zero-order chi connectivity index (χ0) is 30.8. The molecule has 0 aliphatic rings. The molecule has 0 fully saturated rings. The zero-order valence-electron chi connectivity index (χ0n) is 23.9. The van der Waals surface area contributed by atoms with Crippen LogP contribution in [0.4, 0.5) is 5.69 Å². The predicted molar refractivity (Wildman–Crippen MR) is 160 cm³/mol. The SMILES string of the molecule is COc1ccc(C(=O)Oc2ccccc2/C=N\NC(=O)c2ccccc2NC(=O)c2cc(OC)c(OC)c(OC)c2)cc1. The Balaban J connectivity index is 1.47. The second-order valence-corrected chi connectivity index (χ2v) is 8.77. The van der Waals surface area contributed by atoms with E-state index in [1.54, 1.807) is 72.8 Å². The number of ether oxygens (including phenoxy) is 5. The summed E-state index contributed by atoms with van der Waals surface area (Å²) in [6, 6.07) is 22.7. The molecule has 0 saturated carbocycles. The first kappa shape index (κ1) is 30.1. The minimum absolute atomic E-state index is 0.166. The first-order valence-electron chi connectivity index (χ1n) is 12.9. The predicted octanol–water partition coefficient (Wildman–Crippen LogP) is 4.96. The molecule has 0 aromatic heterocycles. The monoisotopic (exact) mass is 583 g/mol. The van der Waals surface area contributed by atoms with Gasteiger partial charge in [-0.1, -0.05) is 24.3 Å². The van der Waals surface area contributed by atoms with Crippen molar-refractivity contribution in [1.82, 2.24) is 5.43 Å². The lowest BCUT2D eigenvalue weighted by Crippen LogP contribution is -2.21. The van der Waals surface area contributed by atoms with Gasteiger partial charge in [0.1, 0.15) is 11.5 Å². The van der Waals surface area contributed by atoms with Crippen LogP contribution in [-0.4, -0.2) is 52.4 Å². The number of carbonyl (C=O) groups is 3. The van der Waals surface area contributed by atoms with Crippen molar-refractivity contribution in [2.75, 3.05) is 33.8 Å². The number of hydrazone groups is 1. The van der Waals surface area contributed by atoms with E-state index in [4.69, 9.17) is 23.7 Å². The Morgan fingerprint density at radius 2 is 1.33 bits per heavy atom. The standard InChI is InChI=1S/C32H29N3O8/c1-39-23-15-13-20(14-16-23)32(38)43-26-12-8-5-9-21(26)19-33-35-31(37)24-10-6-7-11-25(24)34-30(36)22-17-27(40-2)29(42-4)28(18-22)41-3/h5-19H,1-4H3,(H,34,36)(H,35,37)/b33-19-. The molecule has 4 aromatic carbocycles. The molecule has 0 heterocycles. The van der Waals surface area contributed by atoms with Crippen molar-refractivity contribution in [3.8, 4) is 28.7 Å². The van der Waals surface area contributed by atoms with Crippen LogP contribution in [0.3, 0.4) is 0 Å². The molecule has 220 valence electrons. The van der Waals surface area contributed by atoms with Gasteiger partial charge in [-0.2, -0.15) is 5.10 Å². The highest BCUT2D eigenvalue weighted by Gasteiger charge is 2.19. The molecule has 0 bridgehead atoms. The number of carbonyl (C=O) groups excluding carboxylic acids is 3. The van der Waals surface area contributed by atoms with Crippen molar-refractivity contribution in [2.45, 2.75) is 0 Å². The molecule has 11 heteroatoms. The Morgan fingerprint density at radius 1 is 0.674 bits per heavy atom. The van der Waals surface area contributed by atoms with Gasteiger partial charge in [-0.25, -0.2) is 10.2 Å². The van der Waals surface area contributed by atoms with E-state index in [1.807, 2.05) is 0 Å². The summed E-state index contributed by atoms with van der Waals surface area (Å²) in [6.07, 6.45) is 1.35. The maximum absolute atomic E-state index is 13.1. The van der Waals surface area contributed by atoms with Gasteiger partial charge in [0.15, 0.2) is 11.5 Å². The molecule has 0 aliphatic carbocycles. The molecule has 0 unspecified atom stereocenters. The quantitative estimate of drug-likeness (QED) is 0.110. The van der Waals surface area contributed by atoms with Crippen LogP contribution in [0.15, 0.2) is 90.0 Å². The molecule has 0 aliphatic heterocycles. The Bertz CT molecular complexity index is 1630. The topological polar surface area (TPSA) is 134 Å². The molecule has 0 atom stereocenters. The number of esters is 1. The fourth-order valence-electron chi connectivity index (χ4n) is 3.98. The molecule has 0 radical (unpaired) electrons. The van der Waals surface area contributed by atoms with E-state index in [-0.39, 0.29) is 22.6 Å². The van der Waals surface area contributed by atoms with Crippen LogP contribution in [0.25, 0.3) is 0 Å². The van der Waals surface area contributed by atoms with E-state index in [2.05, 4.69) is 15.8 Å². The third-order valence-corrected chi connectivity index (χ3v) is 6.16. The number of nitrogens with one attached hydrogen (secondary N) is 2. The smallest absolute Gasteiger partial charge is 0.343 e. The normalized spacial score (nSPS) is 10.5. The van der Waals surface area contributed by atoms with E-state index in [9.17, 15) is 14.4 Å². The van der Waals surface area contributed by atoms with Crippen molar-refractivity contribution in [1.29, 1.82) is 0 Å². The molecular weight excluding hydrogens is 554 g/mol. The van der Waals surface area contributed by atoms with Crippen LogP contribution in [0, 0.1) is 0 Å². The van der Waals surface area contributed by atoms with Crippen LogP contribution in [0.2, 0.25) is 0 Å². The lowest BCUT2D eigenvalue weighted by Gasteiger charge is -2.15. The third kappa shape index (κ3) is 7.27. The van der Waals surface area contributed by atoms with Gasteiger partial charge in [-0.3, -0.25) is 9.59 Å². The lowest BCUT2D eigenvalue weighted by atomic mass is 10.1. The summed E-state index contributed by atoms with van der Waals surface area (Å²) < 4.78 is 26.6. The molecule has 11 nitrogen and oxygen atoms in total. The zero-order valence-corrected chi connectivity index (χ0v) is 23.9. The van der Waals surface area contributed by atoms with Gasteiger partial charge in [0, 0.05) is 11.1 Å². The molecule has 2 amide bonds. The van der Waals surface area contributed by atoms with E-state index in [1.165, 1.54) is 46.8 Å². The average molecular weight is 584 g/mol. The number of nitrogens with zero attached hydrogens (tertiary/aromatic N) is 1. The van der Waals surface area contributed by atoms with Gasteiger partial charge in [0.05, 0.1) is 51.5 Å². The molecule has 4 rings (SSSR count). The third-order valence-electron chi connectivity index (χ3n) is 6.16. The minimum Gasteiger partial charge on any atom is -0.497 e. The number of anilines is 1. The van der Waals surface area contributed by atoms with Crippen molar-refractivity contribution in [3.63, 3.8) is 0 Å². The molecule has 43 heavy (non-hydrogen) atoms. The van der Waals surface area contributed by atoms with Crippen molar-refractivity contribution in [3.05, 3.63) is 107 Å². The summed E-state index contributed by atoms with van der Waals surface area (Å²) in [4.78, 5) is 38.8. The molecule has 4 aromatic rings. The van der Waals surface area contributed by atoms with Crippen molar-refractivity contribution < 1.29 is 38.1 Å². The number of benzene rings is 4. The highest BCUT2D eigenvalue weighted by atomic mass is 16.5. The van der Waals surface area contributed by atoms with Crippen molar-refractivity contribution >= 4 is 29.7 Å². The van der Waals surface area contributed by atoms with Gasteiger partial charge in [0.2, 0.25) is 5.75 Å². The summed E-state index contributed by atoms with van der Waals surface area (Å²) in [5.41, 5.74) is 3.88. The van der Waals surface area contributed by atoms with E-state index >= 15 is 0 Å². The Labute approximate surface area is 248 Å². The van der Waals surface area contributed by atoms with Crippen LogP contribution in [0.5, 0.6) is 28.7 Å². The molecular formula is C32H29N3O8. The second-order valence-electron chi connectivity index (χ2n) is 8.77. The number of amides is 2. The summed E-state index contributed by atoms with van der Waals surface area (Å²) in [6.45, 7) is 0. The first-order valence-corrected chi connectivity index (χ1v) is 12.9. The van der Waals surface area contributed by atoms with E-state index in [0.29, 0.717) is 34.1 Å². The maximum Gasteiger partial charge on any atom is 0.343 e. The van der Waals surface area contributed by atoms with Gasteiger partial charge in [0.25, 0.3) is 11.8 Å². The van der Waals surface area contributed by atoms with Gasteiger partial charge in [-0.05, 0) is 60.7 Å². The van der Waals surface area contributed by atoms with Gasteiger partial charge >= 0.3 is 5.97 Å². The Kier molecular flexibility index (Phi) is 9.93. The lowest BCUT2D eigenvalue weighted by molar-refractivity contribution is 0.0733. The minimum atomic E-state index is -0.579. The number of hydrogen-bond acceptors (Lipinski definition) is 9. The summed E-state index contributed by atoms with van der Waals surface area (Å²) in [7, 11) is 5.89. The summed E-state index contributed by atoms with van der Waals surface area (Å²) >= 11 is 0. The van der Waals surface area contributed by atoms with Crippen molar-refractivity contribution in [2.24, 2.45) is 5.10 Å². The summed E-state index contributed by atoms with van der Waals surface area (Å²) in [5, 5.41) is 6.77. The first-order chi connectivity index (χ1) is 20.9. The fourth-order valence-corrected chi connectivity index (χ4v) is 3.98. The van der Waals surface area contributed by atoms with Crippen LogP contribution in [-0.2, 0) is 0 Å². The molecule has 2 N–H and O–H groups in total. The molecule has 0 saturated heterocycles. The van der Waals surface area contributed by atoms with Crippen LogP contribution in [0.1, 0.15) is 36.6 Å². The maximum atomic E-state index is 13.1.